The number of rotatable bonds is 3. The second kappa shape index (κ2) is 4.16. The number of hydrogen-bond donors (Lipinski definition) is 2. The van der Waals surface area contributed by atoms with Gasteiger partial charge in [-0.3, -0.25) is 0 Å². The van der Waals surface area contributed by atoms with Gasteiger partial charge in [0.25, 0.3) is 0 Å². The van der Waals surface area contributed by atoms with Gasteiger partial charge in [0.1, 0.15) is 0 Å². The molecule has 1 aromatic carbocycles. The lowest BCUT2D eigenvalue weighted by Crippen LogP contribution is -2.24. The molecule has 0 amide bonds. The molecule has 0 saturated carbocycles. The van der Waals surface area contributed by atoms with Crippen molar-refractivity contribution in [2.75, 3.05) is 14.1 Å². The van der Waals surface area contributed by atoms with E-state index in [4.69, 9.17) is 0 Å². The van der Waals surface area contributed by atoms with Crippen molar-refractivity contribution >= 4 is 10.0 Å². The summed E-state index contributed by atoms with van der Waals surface area (Å²) >= 11 is 0. The minimum atomic E-state index is -3.31. The van der Waals surface area contributed by atoms with Crippen LogP contribution < -0.4 is 10.0 Å². The Bertz CT molecular complexity index is 497. The zero-order valence-corrected chi connectivity index (χ0v) is 10.3. The molecule has 0 bridgehead atoms. The van der Waals surface area contributed by atoms with Crippen LogP contribution in [0.15, 0.2) is 23.1 Å². The average Bonchev–Trinajstić information content (AvgIpc) is 2.70. The van der Waals surface area contributed by atoms with Crippen molar-refractivity contribution in [3.8, 4) is 0 Å². The van der Waals surface area contributed by atoms with Gasteiger partial charge in [-0.25, -0.2) is 13.1 Å². The molecule has 0 spiro atoms. The van der Waals surface area contributed by atoms with Crippen molar-refractivity contribution in [1.29, 1.82) is 0 Å². The smallest absolute Gasteiger partial charge is 0.240 e. The van der Waals surface area contributed by atoms with E-state index in [-0.39, 0.29) is 0 Å². The van der Waals surface area contributed by atoms with E-state index in [9.17, 15) is 8.42 Å². The third-order valence-electron chi connectivity index (χ3n) is 3.10. The topological polar surface area (TPSA) is 58.2 Å². The average molecular weight is 240 g/mol. The molecule has 16 heavy (non-hydrogen) atoms. The van der Waals surface area contributed by atoms with E-state index in [2.05, 4.69) is 10.0 Å². The standard InChI is InChI=1S/C11H16N2O2S/c1-12-10-5-8-3-4-11(7-9(8)6-10)16(14,15)13-2/h3-4,7,10,12-13H,5-6H2,1-2H3. The summed E-state index contributed by atoms with van der Waals surface area (Å²) in [5, 5.41) is 3.22. The molecule has 0 aliphatic heterocycles. The number of likely N-dealkylation sites (N-methyl/N-ethyl adjacent to an activating group) is 1. The number of benzene rings is 1. The van der Waals surface area contributed by atoms with Crippen LogP contribution in [0.5, 0.6) is 0 Å². The van der Waals surface area contributed by atoms with Crippen LogP contribution in [0.2, 0.25) is 0 Å². The highest BCUT2D eigenvalue weighted by molar-refractivity contribution is 7.89. The van der Waals surface area contributed by atoms with Gasteiger partial charge in [-0.2, -0.15) is 0 Å². The van der Waals surface area contributed by atoms with E-state index in [0.29, 0.717) is 10.9 Å². The molecule has 0 saturated heterocycles. The maximum atomic E-state index is 11.6. The Hall–Kier alpha value is -0.910. The first-order valence-corrected chi connectivity index (χ1v) is 6.78. The monoisotopic (exact) mass is 240 g/mol. The highest BCUT2D eigenvalue weighted by Gasteiger charge is 2.22. The SMILES string of the molecule is CNC1Cc2ccc(S(=O)(=O)NC)cc2C1. The number of nitrogens with one attached hydrogen (secondary N) is 2. The van der Waals surface area contributed by atoms with E-state index in [1.165, 1.54) is 12.6 Å². The molecule has 1 aromatic rings. The van der Waals surface area contributed by atoms with E-state index >= 15 is 0 Å². The van der Waals surface area contributed by atoms with Gasteiger partial charge in [-0.15, -0.1) is 0 Å². The molecule has 0 radical (unpaired) electrons. The maximum absolute atomic E-state index is 11.6. The summed E-state index contributed by atoms with van der Waals surface area (Å²) < 4.78 is 25.6. The lowest BCUT2D eigenvalue weighted by Gasteiger charge is -2.05. The highest BCUT2D eigenvalue weighted by atomic mass is 32.2. The van der Waals surface area contributed by atoms with Crippen LogP contribution in [0.3, 0.4) is 0 Å². The largest absolute Gasteiger partial charge is 0.316 e. The first kappa shape index (κ1) is 11.6. The summed E-state index contributed by atoms with van der Waals surface area (Å²) in [6, 6.07) is 5.79. The summed E-state index contributed by atoms with van der Waals surface area (Å²) in [7, 11) is 0.0475. The fraction of sp³-hybridized carbons (Fsp3) is 0.455. The summed E-state index contributed by atoms with van der Waals surface area (Å²) in [6.45, 7) is 0. The number of hydrogen-bond acceptors (Lipinski definition) is 3. The Morgan fingerprint density at radius 1 is 1.19 bits per heavy atom. The van der Waals surface area contributed by atoms with Crippen molar-refractivity contribution < 1.29 is 8.42 Å². The van der Waals surface area contributed by atoms with Crippen LogP contribution in [0.4, 0.5) is 0 Å². The first-order chi connectivity index (χ1) is 7.56. The molecule has 1 atom stereocenters. The highest BCUT2D eigenvalue weighted by Crippen LogP contribution is 2.24. The molecular formula is C11H16N2O2S. The van der Waals surface area contributed by atoms with Crippen LogP contribution in [0.25, 0.3) is 0 Å². The van der Waals surface area contributed by atoms with Gasteiger partial charge < -0.3 is 5.32 Å². The van der Waals surface area contributed by atoms with Crippen LogP contribution in [0, 0.1) is 0 Å². The molecular weight excluding hydrogens is 224 g/mol. The van der Waals surface area contributed by atoms with Gasteiger partial charge in [0.15, 0.2) is 0 Å². The Balaban J connectivity index is 2.36. The second-order valence-electron chi connectivity index (χ2n) is 4.03. The van der Waals surface area contributed by atoms with Crippen molar-refractivity contribution in [3.63, 3.8) is 0 Å². The summed E-state index contributed by atoms with van der Waals surface area (Å²) in [6.07, 6.45) is 1.88. The molecule has 2 rings (SSSR count). The van der Waals surface area contributed by atoms with Crippen molar-refractivity contribution in [1.82, 2.24) is 10.0 Å². The Labute approximate surface area is 96.1 Å². The lowest BCUT2D eigenvalue weighted by atomic mass is 10.1. The fourth-order valence-corrected chi connectivity index (χ4v) is 2.86. The fourth-order valence-electron chi connectivity index (χ4n) is 2.08. The Kier molecular flexibility index (Phi) is 3.01. The third kappa shape index (κ3) is 1.98. The van der Waals surface area contributed by atoms with Crippen LogP contribution in [-0.4, -0.2) is 28.6 Å². The Morgan fingerprint density at radius 3 is 2.50 bits per heavy atom. The van der Waals surface area contributed by atoms with Crippen LogP contribution in [0.1, 0.15) is 11.1 Å². The van der Waals surface area contributed by atoms with Gasteiger partial charge in [-0.1, -0.05) is 6.07 Å². The zero-order valence-electron chi connectivity index (χ0n) is 9.45. The van der Waals surface area contributed by atoms with Gasteiger partial charge in [0.05, 0.1) is 4.90 Å². The second-order valence-corrected chi connectivity index (χ2v) is 5.92. The molecule has 2 N–H and O–H groups in total. The van der Waals surface area contributed by atoms with E-state index in [1.54, 1.807) is 12.1 Å². The summed E-state index contributed by atoms with van der Waals surface area (Å²) in [4.78, 5) is 0.352. The van der Waals surface area contributed by atoms with E-state index < -0.39 is 10.0 Å². The summed E-state index contributed by atoms with van der Waals surface area (Å²) in [5.41, 5.74) is 2.38. The van der Waals surface area contributed by atoms with E-state index in [0.717, 1.165) is 18.4 Å². The molecule has 1 aliphatic rings. The number of sulfonamides is 1. The molecule has 0 aromatic heterocycles. The third-order valence-corrected chi connectivity index (χ3v) is 4.51. The molecule has 1 unspecified atom stereocenters. The van der Waals surface area contributed by atoms with E-state index in [1.807, 2.05) is 13.1 Å². The molecule has 4 nitrogen and oxygen atoms in total. The van der Waals surface area contributed by atoms with Crippen LogP contribution >= 0.6 is 0 Å². The quantitative estimate of drug-likeness (QED) is 0.798. The minimum Gasteiger partial charge on any atom is -0.316 e. The minimum absolute atomic E-state index is 0.352. The molecule has 0 fully saturated rings. The van der Waals surface area contributed by atoms with Gasteiger partial charge in [-0.05, 0) is 50.2 Å². The zero-order chi connectivity index (χ0) is 11.8. The van der Waals surface area contributed by atoms with Crippen LogP contribution in [-0.2, 0) is 22.9 Å². The van der Waals surface area contributed by atoms with Gasteiger partial charge >= 0.3 is 0 Å². The van der Waals surface area contributed by atoms with Crippen molar-refractivity contribution in [2.45, 2.75) is 23.8 Å². The van der Waals surface area contributed by atoms with Gasteiger partial charge in [0.2, 0.25) is 10.0 Å². The van der Waals surface area contributed by atoms with Gasteiger partial charge in [0, 0.05) is 6.04 Å². The molecule has 0 heterocycles. The predicted octanol–water partition coefficient (Wildman–Crippen LogP) is 0.281. The summed E-state index contributed by atoms with van der Waals surface area (Å²) in [5.74, 6) is 0. The predicted molar refractivity (Wildman–Crippen MR) is 62.9 cm³/mol. The first-order valence-electron chi connectivity index (χ1n) is 5.29. The maximum Gasteiger partial charge on any atom is 0.240 e. The normalized spacial score (nSPS) is 19.8. The molecule has 88 valence electrons. The number of fused-ring (bicyclic) bond motifs is 1. The molecule has 1 aliphatic carbocycles. The van der Waals surface area contributed by atoms with Crippen molar-refractivity contribution in [2.24, 2.45) is 0 Å². The Morgan fingerprint density at radius 2 is 1.88 bits per heavy atom. The van der Waals surface area contributed by atoms with Crippen molar-refractivity contribution in [3.05, 3.63) is 29.3 Å². The lowest BCUT2D eigenvalue weighted by molar-refractivity contribution is 0.587. The molecule has 5 heteroatoms.